The molecule has 170 valence electrons. The first-order valence-electron chi connectivity index (χ1n) is 10.2. The molecule has 1 saturated heterocycles. The summed E-state index contributed by atoms with van der Waals surface area (Å²) in [5.41, 5.74) is 0.539. The number of hydrogen-bond acceptors (Lipinski definition) is 7. The fraction of sp³-hybridized carbons (Fsp3) is 0.400. The lowest BCUT2D eigenvalue weighted by Crippen LogP contribution is -2.49. The summed E-state index contributed by atoms with van der Waals surface area (Å²) in [5.74, 6) is 0.0142. The number of benzene rings is 1. The molecule has 3 heterocycles. The van der Waals surface area contributed by atoms with E-state index in [2.05, 4.69) is 24.7 Å². The Morgan fingerprint density at radius 1 is 1.16 bits per heavy atom. The number of carbonyl (C=O) groups excluding carboxylic acids is 1. The number of aryl methyl sites for hydroxylation is 1. The standard InChI is InChI=1S/C20H24FN7O3S/c1-13(2)25-32(30,31)15-4-5-17(21)16(11-15)19(29)27-8-6-26(7-9-27)18-10-14(3)24-20-22-12-23-28(18)20/h4-5,10-13,25H,6-9H2,1-3H3. The van der Waals surface area contributed by atoms with E-state index in [1.807, 2.05) is 13.0 Å². The monoisotopic (exact) mass is 461 g/mol. The smallest absolute Gasteiger partial charge is 0.256 e. The van der Waals surface area contributed by atoms with E-state index in [-0.39, 0.29) is 16.5 Å². The highest BCUT2D eigenvalue weighted by atomic mass is 32.2. The first kappa shape index (κ1) is 22.1. The highest BCUT2D eigenvalue weighted by molar-refractivity contribution is 7.89. The number of amides is 1. The van der Waals surface area contributed by atoms with Crippen LogP contribution >= 0.6 is 0 Å². The maximum Gasteiger partial charge on any atom is 0.256 e. The highest BCUT2D eigenvalue weighted by Gasteiger charge is 2.27. The number of hydrogen-bond donors (Lipinski definition) is 1. The fourth-order valence-electron chi connectivity index (χ4n) is 3.66. The zero-order chi connectivity index (χ0) is 23.0. The van der Waals surface area contributed by atoms with Crippen molar-refractivity contribution in [2.24, 2.45) is 0 Å². The third-order valence-corrected chi connectivity index (χ3v) is 6.78. The maximum atomic E-state index is 14.5. The zero-order valence-corrected chi connectivity index (χ0v) is 18.8. The number of anilines is 1. The summed E-state index contributed by atoms with van der Waals surface area (Å²) in [6, 6.07) is 4.84. The van der Waals surface area contributed by atoms with Gasteiger partial charge in [-0.25, -0.2) is 22.5 Å². The number of nitrogens with zero attached hydrogens (tertiary/aromatic N) is 6. The van der Waals surface area contributed by atoms with Crippen LogP contribution in [0.15, 0.2) is 35.5 Å². The summed E-state index contributed by atoms with van der Waals surface area (Å²) in [5, 5.41) is 4.21. The van der Waals surface area contributed by atoms with E-state index in [4.69, 9.17) is 0 Å². The third-order valence-electron chi connectivity index (χ3n) is 5.12. The lowest BCUT2D eigenvalue weighted by molar-refractivity contribution is 0.0741. The van der Waals surface area contributed by atoms with Crippen LogP contribution in [0.25, 0.3) is 5.78 Å². The van der Waals surface area contributed by atoms with Crippen molar-refractivity contribution in [3.63, 3.8) is 0 Å². The minimum Gasteiger partial charge on any atom is -0.353 e. The Morgan fingerprint density at radius 2 is 1.88 bits per heavy atom. The van der Waals surface area contributed by atoms with Gasteiger partial charge in [-0.3, -0.25) is 4.79 Å². The Morgan fingerprint density at radius 3 is 2.56 bits per heavy atom. The lowest BCUT2D eigenvalue weighted by atomic mass is 10.1. The molecular formula is C20H24FN7O3S. The van der Waals surface area contributed by atoms with Gasteiger partial charge in [0, 0.05) is 44.0 Å². The van der Waals surface area contributed by atoms with Crippen molar-refractivity contribution in [1.29, 1.82) is 0 Å². The normalized spacial score (nSPS) is 15.0. The van der Waals surface area contributed by atoms with Crippen LogP contribution in [0, 0.1) is 12.7 Å². The van der Waals surface area contributed by atoms with Gasteiger partial charge in [0.05, 0.1) is 10.5 Å². The second-order valence-corrected chi connectivity index (χ2v) is 9.64. The van der Waals surface area contributed by atoms with E-state index in [9.17, 15) is 17.6 Å². The molecule has 1 amide bonds. The summed E-state index contributed by atoms with van der Waals surface area (Å²) in [7, 11) is -3.84. The van der Waals surface area contributed by atoms with Crippen molar-refractivity contribution in [3.8, 4) is 0 Å². The fourth-order valence-corrected chi connectivity index (χ4v) is 4.94. The van der Waals surface area contributed by atoms with Gasteiger partial charge in [0.25, 0.3) is 11.7 Å². The SMILES string of the molecule is Cc1cc(N2CCN(C(=O)c3cc(S(=O)(=O)NC(C)C)ccc3F)CC2)n2ncnc2n1. The van der Waals surface area contributed by atoms with E-state index in [1.165, 1.54) is 11.2 Å². The summed E-state index contributed by atoms with van der Waals surface area (Å²) < 4.78 is 43.4. The molecule has 1 aliphatic heterocycles. The van der Waals surface area contributed by atoms with Gasteiger partial charge in [-0.15, -0.1) is 0 Å². The maximum absolute atomic E-state index is 14.5. The van der Waals surface area contributed by atoms with Gasteiger partial charge in [0.1, 0.15) is 18.0 Å². The van der Waals surface area contributed by atoms with Gasteiger partial charge in [0.2, 0.25) is 10.0 Å². The predicted octanol–water partition coefficient (Wildman–Crippen LogP) is 1.22. The third kappa shape index (κ3) is 4.28. The van der Waals surface area contributed by atoms with E-state index < -0.39 is 21.7 Å². The van der Waals surface area contributed by atoms with Gasteiger partial charge >= 0.3 is 0 Å². The van der Waals surface area contributed by atoms with Crippen LogP contribution in [0.1, 0.15) is 29.9 Å². The van der Waals surface area contributed by atoms with Gasteiger partial charge < -0.3 is 9.80 Å². The van der Waals surface area contributed by atoms with E-state index in [1.54, 1.807) is 18.4 Å². The zero-order valence-electron chi connectivity index (χ0n) is 18.0. The molecule has 0 saturated carbocycles. The van der Waals surface area contributed by atoms with Crippen LogP contribution in [0.3, 0.4) is 0 Å². The largest absolute Gasteiger partial charge is 0.353 e. The Labute approximate surface area is 185 Å². The first-order chi connectivity index (χ1) is 15.2. The second-order valence-electron chi connectivity index (χ2n) is 7.92. The number of rotatable bonds is 5. The number of sulfonamides is 1. The average molecular weight is 462 g/mol. The molecule has 3 aromatic rings. The molecule has 12 heteroatoms. The van der Waals surface area contributed by atoms with Crippen LogP contribution < -0.4 is 9.62 Å². The van der Waals surface area contributed by atoms with Gasteiger partial charge in [0.15, 0.2) is 0 Å². The Hall–Kier alpha value is -3.12. The van der Waals surface area contributed by atoms with Gasteiger partial charge in [-0.2, -0.15) is 14.6 Å². The summed E-state index contributed by atoms with van der Waals surface area (Å²) in [6.45, 7) is 6.93. The number of aromatic nitrogens is 4. The van der Waals surface area contributed by atoms with Crippen LogP contribution in [-0.4, -0.2) is 71.0 Å². The minimum atomic E-state index is -3.84. The molecule has 0 aliphatic carbocycles. The van der Waals surface area contributed by atoms with Crippen molar-refractivity contribution >= 4 is 27.5 Å². The van der Waals surface area contributed by atoms with Crippen molar-refractivity contribution in [3.05, 3.63) is 47.7 Å². The molecule has 1 N–H and O–H groups in total. The number of carbonyl (C=O) groups is 1. The molecule has 10 nitrogen and oxygen atoms in total. The average Bonchev–Trinajstić information content (AvgIpc) is 3.20. The number of nitrogens with one attached hydrogen (secondary N) is 1. The lowest BCUT2D eigenvalue weighted by Gasteiger charge is -2.36. The van der Waals surface area contributed by atoms with Crippen LogP contribution in [-0.2, 0) is 10.0 Å². The molecule has 4 rings (SSSR count). The molecule has 0 radical (unpaired) electrons. The van der Waals surface area contributed by atoms with Crippen molar-refractivity contribution in [2.45, 2.75) is 31.7 Å². The molecule has 1 aromatic carbocycles. The topological polar surface area (TPSA) is 113 Å². The van der Waals surface area contributed by atoms with E-state index >= 15 is 0 Å². The van der Waals surface area contributed by atoms with Gasteiger partial charge in [-0.05, 0) is 39.0 Å². The van der Waals surface area contributed by atoms with E-state index in [0.717, 1.165) is 29.7 Å². The van der Waals surface area contributed by atoms with Crippen LogP contribution in [0.5, 0.6) is 0 Å². The quantitative estimate of drug-likeness (QED) is 0.608. The molecule has 0 spiro atoms. The van der Waals surface area contributed by atoms with Crippen LogP contribution in [0.2, 0.25) is 0 Å². The summed E-state index contributed by atoms with van der Waals surface area (Å²) in [6.07, 6.45) is 1.43. The van der Waals surface area contributed by atoms with E-state index in [0.29, 0.717) is 32.0 Å². The first-order valence-corrected chi connectivity index (χ1v) is 11.7. The predicted molar refractivity (Wildman–Crippen MR) is 115 cm³/mol. The molecule has 0 unspecified atom stereocenters. The molecule has 1 aliphatic rings. The Bertz CT molecular complexity index is 1270. The van der Waals surface area contributed by atoms with Crippen molar-refractivity contribution in [2.75, 3.05) is 31.1 Å². The molecule has 0 atom stereocenters. The number of fused-ring (bicyclic) bond motifs is 1. The number of halogens is 1. The molecular weight excluding hydrogens is 437 g/mol. The van der Waals surface area contributed by atoms with Crippen molar-refractivity contribution < 1.29 is 17.6 Å². The molecule has 32 heavy (non-hydrogen) atoms. The van der Waals surface area contributed by atoms with Crippen LogP contribution in [0.4, 0.5) is 10.2 Å². The van der Waals surface area contributed by atoms with Crippen molar-refractivity contribution in [1.82, 2.24) is 29.2 Å². The molecule has 0 bridgehead atoms. The number of piperazine rings is 1. The molecule has 2 aromatic heterocycles. The summed E-state index contributed by atoms with van der Waals surface area (Å²) in [4.78, 5) is 24.9. The summed E-state index contributed by atoms with van der Waals surface area (Å²) >= 11 is 0. The minimum absolute atomic E-state index is 0.143. The second kappa shape index (κ2) is 8.43. The highest BCUT2D eigenvalue weighted by Crippen LogP contribution is 2.21. The Kier molecular flexibility index (Phi) is 5.82. The molecule has 1 fully saturated rings. The van der Waals surface area contributed by atoms with Gasteiger partial charge in [-0.1, -0.05) is 0 Å². The Balaban J connectivity index is 1.52.